The molecule has 0 bridgehead atoms. The molecule has 2 aromatic rings. The Morgan fingerprint density at radius 3 is 2.44 bits per heavy atom. The molecule has 2 aromatic carbocycles. The monoisotopic (exact) mass is 262 g/mol. The van der Waals surface area contributed by atoms with E-state index in [0.29, 0.717) is 16.7 Å². The van der Waals surface area contributed by atoms with E-state index < -0.39 is 11.2 Å². The summed E-state index contributed by atoms with van der Waals surface area (Å²) in [6.07, 6.45) is 0. The second-order valence-electron chi connectivity index (χ2n) is 4.05. The number of carbonyl (C=O) groups excluding carboxylic acids is 1. The van der Waals surface area contributed by atoms with Crippen molar-refractivity contribution in [1.82, 2.24) is 0 Å². The maximum Gasteiger partial charge on any atom is 0.185 e. The Labute approximate surface area is 110 Å². The molecule has 0 saturated heterocycles. The molecule has 0 aliphatic heterocycles. The van der Waals surface area contributed by atoms with Crippen molar-refractivity contribution in [2.45, 2.75) is 12.3 Å². The summed E-state index contributed by atoms with van der Waals surface area (Å²) >= 11 is 6.14. The lowest BCUT2D eigenvalue weighted by molar-refractivity contribution is 0.0986. The molecule has 1 unspecified atom stereocenters. The predicted octanol–water partition coefficient (Wildman–Crippen LogP) is 4.30. The lowest BCUT2D eigenvalue weighted by Crippen LogP contribution is -2.10. The Hall–Kier alpha value is -1.67. The van der Waals surface area contributed by atoms with Gasteiger partial charge in [0.25, 0.3) is 0 Å². The lowest BCUT2D eigenvalue weighted by atomic mass is 9.98. The van der Waals surface area contributed by atoms with Gasteiger partial charge in [0.1, 0.15) is 11.2 Å². The Balaban J connectivity index is 2.35. The van der Waals surface area contributed by atoms with Gasteiger partial charge >= 0.3 is 0 Å². The minimum Gasteiger partial charge on any atom is -0.292 e. The van der Waals surface area contributed by atoms with Crippen molar-refractivity contribution in [3.8, 4) is 0 Å². The molecule has 0 spiro atoms. The quantitative estimate of drug-likeness (QED) is 0.595. The molecule has 92 valence electrons. The van der Waals surface area contributed by atoms with Crippen molar-refractivity contribution in [3.63, 3.8) is 0 Å². The highest BCUT2D eigenvalue weighted by Gasteiger charge is 2.21. The highest BCUT2D eigenvalue weighted by Crippen LogP contribution is 2.26. The fourth-order valence-electron chi connectivity index (χ4n) is 1.78. The Morgan fingerprint density at radius 1 is 1.11 bits per heavy atom. The van der Waals surface area contributed by atoms with Gasteiger partial charge in [0.15, 0.2) is 5.78 Å². The largest absolute Gasteiger partial charge is 0.292 e. The molecule has 0 aliphatic rings. The minimum atomic E-state index is -0.785. The van der Waals surface area contributed by atoms with Crippen molar-refractivity contribution < 1.29 is 9.18 Å². The Kier molecular flexibility index (Phi) is 3.78. The summed E-state index contributed by atoms with van der Waals surface area (Å²) < 4.78 is 13.4. The second kappa shape index (κ2) is 5.32. The normalized spacial score (nSPS) is 12.2. The Bertz CT molecular complexity index is 566. The van der Waals surface area contributed by atoms with Crippen LogP contribution in [0.2, 0.25) is 0 Å². The van der Waals surface area contributed by atoms with Gasteiger partial charge in [-0.3, -0.25) is 4.79 Å². The smallest absolute Gasteiger partial charge is 0.185 e. The van der Waals surface area contributed by atoms with Gasteiger partial charge in [0.2, 0.25) is 0 Å². The molecular weight excluding hydrogens is 251 g/mol. The summed E-state index contributed by atoms with van der Waals surface area (Å²) in [7, 11) is 0. The van der Waals surface area contributed by atoms with Crippen LogP contribution >= 0.6 is 11.6 Å². The van der Waals surface area contributed by atoms with Gasteiger partial charge in [0.05, 0.1) is 0 Å². The number of hydrogen-bond donors (Lipinski definition) is 0. The lowest BCUT2D eigenvalue weighted by Gasteiger charge is -2.11. The van der Waals surface area contributed by atoms with Crippen molar-refractivity contribution in [3.05, 3.63) is 71.0 Å². The van der Waals surface area contributed by atoms with E-state index in [0.717, 1.165) is 0 Å². The molecule has 0 radical (unpaired) electrons. The van der Waals surface area contributed by atoms with Crippen LogP contribution in [-0.4, -0.2) is 5.78 Å². The maximum atomic E-state index is 13.4. The average Bonchev–Trinajstić information content (AvgIpc) is 2.41. The van der Waals surface area contributed by atoms with Crippen LogP contribution in [-0.2, 0) is 0 Å². The van der Waals surface area contributed by atoms with Crippen LogP contribution < -0.4 is 0 Å². The van der Waals surface area contributed by atoms with Crippen molar-refractivity contribution in [2.75, 3.05) is 0 Å². The number of Topliss-reactive ketones (excluding diaryl/α,β-unsaturated/α-hetero) is 1. The first kappa shape index (κ1) is 12.8. The minimum absolute atomic E-state index is 0.278. The summed E-state index contributed by atoms with van der Waals surface area (Å²) in [6, 6.07) is 13.5. The molecule has 0 saturated carbocycles. The van der Waals surface area contributed by atoms with Gasteiger partial charge in [0, 0.05) is 5.56 Å². The van der Waals surface area contributed by atoms with Crippen molar-refractivity contribution >= 4 is 17.4 Å². The third kappa shape index (κ3) is 2.44. The van der Waals surface area contributed by atoms with Gasteiger partial charge in [-0.2, -0.15) is 0 Å². The summed E-state index contributed by atoms with van der Waals surface area (Å²) in [5, 5.41) is -0.785. The molecular formula is C15H12ClFO. The summed E-state index contributed by atoms with van der Waals surface area (Å²) in [6.45, 7) is 1.58. The molecule has 2 rings (SSSR count). The first-order valence-corrected chi connectivity index (χ1v) is 6.03. The highest BCUT2D eigenvalue weighted by molar-refractivity contribution is 6.34. The molecule has 18 heavy (non-hydrogen) atoms. The number of benzene rings is 2. The second-order valence-corrected chi connectivity index (χ2v) is 4.49. The standard InChI is InChI=1S/C15H12ClFO/c1-10-12(8-5-9-13(10)17)15(18)14(16)11-6-3-2-4-7-11/h2-9,14H,1H3. The van der Waals surface area contributed by atoms with E-state index >= 15 is 0 Å². The average molecular weight is 263 g/mol. The first-order chi connectivity index (χ1) is 8.61. The molecule has 3 heteroatoms. The van der Waals surface area contributed by atoms with Gasteiger partial charge in [-0.1, -0.05) is 42.5 Å². The third-order valence-electron chi connectivity index (χ3n) is 2.86. The number of alkyl halides is 1. The van der Waals surface area contributed by atoms with E-state index in [2.05, 4.69) is 0 Å². The Morgan fingerprint density at radius 2 is 1.78 bits per heavy atom. The van der Waals surface area contributed by atoms with Crippen LogP contribution in [0.4, 0.5) is 4.39 Å². The number of rotatable bonds is 3. The highest BCUT2D eigenvalue weighted by atomic mass is 35.5. The van der Waals surface area contributed by atoms with Crippen LogP contribution in [0.3, 0.4) is 0 Å². The molecule has 0 heterocycles. The molecule has 0 aromatic heterocycles. The fourth-order valence-corrected chi connectivity index (χ4v) is 2.05. The van der Waals surface area contributed by atoms with Gasteiger partial charge in [-0.15, -0.1) is 11.6 Å². The van der Waals surface area contributed by atoms with Crippen LogP contribution in [0.5, 0.6) is 0 Å². The zero-order valence-electron chi connectivity index (χ0n) is 9.86. The number of hydrogen-bond acceptors (Lipinski definition) is 1. The summed E-state index contributed by atoms with van der Waals surface area (Å²) in [4.78, 5) is 12.2. The van der Waals surface area contributed by atoms with E-state index in [4.69, 9.17) is 11.6 Å². The van der Waals surface area contributed by atoms with E-state index in [1.54, 1.807) is 25.1 Å². The van der Waals surface area contributed by atoms with Crippen LogP contribution in [0.1, 0.15) is 26.9 Å². The third-order valence-corrected chi connectivity index (χ3v) is 3.31. The van der Waals surface area contributed by atoms with Gasteiger partial charge in [-0.05, 0) is 24.1 Å². The maximum absolute atomic E-state index is 13.4. The zero-order chi connectivity index (χ0) is 13.1. The molecule has 0 N–H and O–H groups in total. The van der Waals surface area contributed by atoms with E-state index in [-0.39, 0.29) is 5.78 Å². The summed E-state index contributed by atoms with van der Waals surface area (Å²) in [5.74, 6) is -0.669. The SMILES string of the molecule is Cc1c(F)cccc1C(=O)C(Cl)c1ccccc1. The number of carbonyl (C=O) groups is 1. The topological polar surface area (TPSA) is 17.1 Å². The predicted molar refractivity (Wildman–Crippen MR) is 70.5 cm³/mol. The number of ketones is 1. The van der Waals surface area contributed by atoms with Crippen molar-refractivity contribution in [2.24, 2.45) is 0 Å². The molecule has 0 amide bonds. The van der Waals surface area contributed by atoms with Crippen molar-refractivity contribution in [1.29, 1.82) is 0 Å². The number of halogens is 2. The van der Waals surface area contributed by atoms with Crippen LogP contribution in [0.15, 0.2) is 48.5 Å². The molecule has 0 aliphatic carbocycles. The first-order valence-electron chi connectivity index (χ1n) is 5.59. The van der Waals surface area contributed by atoms with Crippen LogP contribution in [0.25, 0.3) is 0 Å². The van der Waals surface area contributed by atoms with E-state index in [1.165, 1.54) is 12.1 Å². The van der Waals surface area contributed by atoms with Gasteiger partial charge in [-0.25, -0.2) is 4.39 Å². The zero-order valence-corrected chi connectivity index (χ0v) is 10.6. The summed E-state index contributed by atoms with van der Waals surface area (Å²) in [5.41, 5.74) is 1.38. The molecule has 1 nitrogen and oxygen atoms in total. The van der Waals surface area contributed by atoms with Gasteiger partial charge < -0.3 is 0 Å². The molecule has 0 fully saturated rings. The van der Waals surface area contributed by atoms with Crippen LogP contribution in [0, 0.1) is 12.7 Å². The molecule has 1 atom stereocenters. The van der Waals surface area contributed by atoms with E-state index in [9.17, 15) is 9.18 Å². The fraction of sp³-hybridized carbons (Fsp3) is 0.133. The van der Waals surface area contributed by atoms with E-state index in [1.807, 2.05) is 18.2 Å².